The topological polar surface area (TPSA) is 38.0 Å². The SMILES string of the molecule is NNC(Cc1ccc(Cl)s1)Cc1ccccc1Br. The molecule has 1 unspecified atom stereocenters. The summed E-state index contributed by atoms with van der Waals surface area (Å²) in [5.41, 5.74) is 4.13. The first-order chi connectivity index (χ1) is 8.69. The van der Waals surface area contributed by atoms with Gasteiger partial charge in [0.15, 0.2) is 0 Å². The van der Waals surface area contributed by atoms with Gasteiger partial charge < -0.3 is 0 Å². The third-order valence-electron chi connectivity index (χ3n) is 2.74. The first-order valence-electron chi connectivity index (χ1n) is 5.63. The maximum atomic E-state index is 5.93. The highest BCUT2D eigenvalue weighted by Crippen LogP contribution is 2.24. The van der Waals surface area contributed by atoms with Gasteiger partial charge >= 0.3 is 0 Å². The number of thiophene rings is 1. The second-order valence-corrected chi connectivity index (χ2v) is 6.72. The van der Waals surface area contributed by atoms with Gasteiger partial charge in [-0.25, -0.2) is 0 Å². The molecule has 0 aliphatic heterocycles. The molecule has 0 saturated heterocycles. The van der Waals surface area contributed by atoms with Gasteiger partial charge in [-0.3, -0.25) is 11.3 Å². The van der Waals surface area contributed by atoms with Gasteiger partial charge in [-0.05, 0) is 36.6 Å². The Hall–Kier alpha value is -0.390. The molecule has 96 valence electrons. The van der Waals surface area contributed by atoms with E-state index in [1.165, 1.54) is 10.4 Å². The van der Waals surface area contributed by atoms with Crippen LogP contribution in [0.4, 0.5) is 0 Å². The molecule has 18 heavy (non-hydrogen) atoms. The zero-order chi connectivity index (χ0) is 13.0. The monoisotopic (exact) mass is 344 g/mol. The van der Waals surface area contributed by atoms with Gasteiger partial charge in [0.05, 0.1) is 4.34 Å². The van der Waals surface area contributed by atoms with Crippen LogP contribution in [0.5, 0.6) is 0 Å². The zero-order valence-electron chi connectivity index (χ0n) is 9.70. The van der Waals surface area contributed by atoms with Crippen molar-refractivity contribution in [2.24, 2.45) is 5.84 Å². The summed E-state index contributed by atoms with van der Waals surface area (Å²) in [5.74, 6) is 5.63. The van der Waals surface area contributed by atoms with Crippen molar-refractivity contribution in [3.63, 3.8) is 0 Å². The third-order valence-corrected chi connectivity index (χ3v) is 4.76. The van der Waals surface area contributed by atoms with E-state index < -0.39 is 0 Å². The highest BCUT2D eigenvalue weighted by molar-refractivity contribution is 9.10. The van der Waals surface area contributed by atoms with Gasteiger partial charge in [0.1, 0.15) is 0 Å². The molecule has 5 heteroatoms. The molecule has 3 N–H and O–H groups in total. The lowest BCUT2D eigenvalue weighted by Crippen LogP contribution is -2.38. The fourth-order valence-electron chi connectivity index (χ4n) is 1.82. The fourth-order valence-corrected chi connectivity index (χ4v) is 3.44. The van der Waals surface area contributed by atoms with Crippen molar-refractivity contribution in [3.05, 3.63) is 55.6 Å². The van der Waals surface area contributed by atoms with Crippen molar-refractivity contribution in [3.8, 4) is 0 Å². The summed E-state index contributed by atoms with van der Waals surface area (Å²) in [5, 5.41) is 0. The molecule has 0 spiro atoms. The first kappa shape index (κ1) is 14.0. The van der Waals surface area contributed by atoms with Crippen LogP contribution in [0.3, 0.4) is 0 Å². The summed E-state index contributed by atoms with van der Waals surface area (Å²) in [7, 11) is 0. The number of nitrogens with one attached hydrogen (secondary N) is 1. The Balaban J connectivity index is 2.04. The average molecular weight is 346 g/mol. The number of hydrogen-bond acceptors (Lipinski definition) is 3. The molecule has 0 aliphatic carbocycles. The van der Waals surface area contributed by atoms with Crippen LogP contribution >= 0.6 is 38.9 Å². The largest absolute Gasteiger partial charge is 0.271 e. The predicted octanol–water partition coefficient (Wildman–Crippen LogP) is 3.78. The van der Waals surface area contributed by atoms with E-state index in [1.54, 1.807) is 11.3 Å². The maximum Gasteiger partial charge on any atom is 0.0931 e. The Kier molecular flexibility index (Phi) is 5.21. The summed E-state index contributed by atoms with van der Waals surface area (Å²) in [6.07, 6.45) is 1.77. The normalized spacial score (nSPS) is 12.6. The highest BCUT2D eigenvalue weighted by atomic mass is 79.9. The van der Waals surface area contributed by atoms with Gasteiger partial charge in [-0.15, -0.1) is 11.3 Å². The summed E-state index contributed by atoms with van der Waals surface area (Å²) in [6.45, 7) is 0. The Morgan fingerprint density at radius 2 is 2.00 bits per heavy atom. The van der Waals surface area contributed by atoms with E-state index in [1.807, 2.05) is 24.3 Å². The first-order valence-corrected chi connectivity index (χ1v) is 7.61. The van der Waals surface area contributed by atoms with Crippen molar-refractivity contribution < 1.29 is 0 Å². The number of hydrazine groups is 1. The van der Waals surface area contributed by atoms with Crippen molar-refractivity contribution in [2.45, 2.75) is 18.9 Å². The summed E-state index contributed by atoms with van der Waals surface area (Å²) in [6, 6.07) is 12.4. The van der Waals surface area contributed by atoms with Gasteiger partial charge in [0.25, 0.3) is 0 Å². The number of benzene rings is 1. The predicted molar refractivity (Wildman–Crippen MR) is 82.0 cm³/mol. The number of nitrogens with two attached hydrogens (primary N) is 1. The zero-order valence-corrected chi connectivity index (χ0v) is 12.9. The molecule has 1 atom stereocenters. The molecule has 0 fully saturated rings. The van der Waals surface area contributed by atoms with Crippen LogP contribution < -0.4 is 11.3 Å². The van der Waals surface area contributed by atoms with Crippen LogP contribution in [-0.2, 0) is 12.8 Å². The molecular weight excluding hydrogens is 332 g/mol. The van der Waals surface area contributed by atoms with E-state index in [9.17, 15) is 0 Å². The smallest absolute Gasteiger partial charge is 0.0931 e. The van der Waals surface area contributed by atoms with Crippen LogP contribution in [0.15, 0.2) is 40.9 Å². The fraction of sp³-hybridized carbons (Fsp3) is 0.231. The van der Waals surface area contributed by atoms with E-state index in [0.717, 1.165) is 21.7 Å². The Bertz CT molecular complexity index is 515. The summed E-state index contributed by atoms with van der Waals surface area (Å²) < 4.78 is 1.94. The van der Waals surface area contributed by atoms with Crippen molar-refractivity contribution >= 4 is 38.9 Å². The van der Waals surface area contributed by atoms with E-state index in [-0.39, 0.29) is 6.04 Å². The lowest BCUT2D eigenvalue weighted by atomic mass is 10.0. The molecule has 0 aliphatic rings. The third kappa shape index (κ3) is 3.80. The van der Waals surface area contributed by atoms with Gasteiger partial charge in [-0.2, -0.15) is 0 Å². The highest BCUT2D eigenvalue weighted by Gasteiger charge is 2.12. The molecule has 0 saturated carbocycles. The standard InChI is InChI=1S/C13H14BrClN2S/c14-12-4-2-1-3-9(12)7-10(17-16)8-11-5-6-13(15)18-11/h1-6,10,17H,7-8,16H2. The number of rotatable bonds is 5. The minimum atomic E-state index is 0.207. The molecular formula is C13H14BrClN2S. The van der Waals surface area contributed by atoms with Crippen molar-refractivity contribution in [2.75, 3.05) is 0 Å². The van der Waals surface area contributed by atoms with Crippen LogP contribution in [0.2, 0.25) is 4.34 Å². The van der Waals surface area contributed by atoms with Crippen molar-refractivity contribution in [1.29, 1.82) is 0 Å². The number of halogens is 2. The lowest BCUT2D eigenvalue weighted by molar-refractivity contribution is 0.525. The Morgan fingerprint density at radius 3 is 2.61 bits per heavy atom. The second kappa shape index (κ2) is 6.68. The molecule has 1 heterocycles. The molecule has 2 nitrogen and oxygen atoms in total. The maximum absolute atomic E-state index is 5.93. The number of hydrogen-bond donors (Lipinski definition) is 2. The lowest BCUT2D eigenvalue weighted by Gasteiger charge is -2.15. The molecule has 2 rings (SSSR count). The van der Waals surface area contributed by atoms with E-state index in [0.29, 0.717) is 0 Å². The minimum Gasteiger partial charge on any atom is -0.271 e. The molecule has 1 aromatic carbocycles. The molecule has 1 aromatic heterocycles. The van der Waals surface area contributed by atoms with Crippen LogP contribution in [0.25, 0.3) is 0 Å². The molecule has 0 radical (unpaired) electrons. The molecule has 0 bridgehead atoms. The van der Waals surface area contributed by atoms with Crippen LogP contribution in [0.1, 0.15) is 10.4 Å². The summed E-state index contributed by atoms with van der Waals surface area (Å²) in [4.78, 5) is 1.25. The van der Waals surface area contributed by atoms with Gasteiger partial charge in [0, 0.05) is 15.4 Å². The molecule has 2 aromatic rings. The quantitative estimate of drug-likeness (QED) is 0.639. The second-order valence-electron chi connectivity index (χ2n) is 4.07. The van der Waals surface area contributed by atoms with E-state index in [4.69, 9.17) is 17.4 Å². The van der Waals surface area contributed by atoms with Gasteiger partial charge in [0.2, 0.25) is 0 Å². The van der Waals surface area contributed by atoms with E-state index >= 15 is 0 Å². The van der Waals surface area contributed by atoms with Crippen LogP contribution in [-0.4, -0.2) is 6.04 Å². The minimum absolute atomic E-state index is 0.207. The summed E-state index contributed by atoms with van der Waals surface area (Å²) >= 11 is 11.1. The Labute approximate surface area is 124 Å². The van der Waals surface area contributed by atoms with Crippen molar-refractivity contribution in [1.82, 2.24) is 5.43 Å². The van der Waals surface area contributed by atoms with Crippen LogP contribution in [0, 0.1) is 0 Å². The Morgan fingerprint density at radius 1 is 1.22 bits per heavy atom. The van der Waals surface area contributed by atoms with E-state index in [2.05, 4.69) is 33.5 Å². The molecule has 0 amide bonds. The van der Waals surface area contributed by atoms with Gasteiger partial charge in [-0.1, -0.05) is 45.7 Å². The average Bonchev–Trinajstić information content (AvgIpc) is 2.76.